The Morgan fingerprint density at radius 1 is 1.00 bits per heavy atom. The number of phenols is 1. The number of aromatic hydroxyl groups is 1. The predicted molar refractivity (Wildman–Crippen MR) is 116 cm³/mol. The lowest BCUT2D eigenvalue weighted by atomic mass is 9.95. The van der Waals surface area contributed by atoms with Crippen molar-refractivity contribution < 1.29 is 9.52 Å². The van der Waals surface area contributed by atoms with E-state index in [0.717, 1.165) is 29.6 Å². The number of para-hydroxylation sites is 1. The summed E-state index contributed by atoms with van der Waals surface area (Å²) < 4.78 is 7.65. The van der Waals surface area contributed by atoms with Crippen molar-refractivity contribution in [3.63, 3.8) is 0 Å². The molecule has 2 heterocycles. The second-order valence-corrected chi connectivity index (χ2v) is 8.56. The Hall–Kier alpha value is -3.06. The first-order valence-corrected chi connectivity index (χ1v) is 11.0. The highest BCUT2D eigenvalue weighted by Crippen LogP contribution is 2.37. The molecule has 152 valence electrons. The Kier molecular flexibility index (Phi) is 5.04. The molecule has 4 aromatic rings. The lowest BCUT2D eigenvalue weighted by molar-refractivity contribution is 0.339. The zero-order valence-corrected chi connectivity index (χ0v) is 17.1. The van der Waals surface area contributed by atoms with Crippen molar-refractivity contribution in [2.45, 2.75) is 48.2 Å². The largest absolute Gasteiger partial charge is 0.508 e. The maximum Gasteiger partial charge on any atom is 0.350 e. The van der Waals surface area contributed by atoms with Gasteiger partial charge in [0.25, 0.3) is 0 Å². The standard InChI is InChI=1S/C23H21N3O3S/c27-18-12-10-15(11-13-18)21-24-25-23(26(21)17-7-2-1-3-8-17)30-20-14-16-6-4-5-9-19(16)29-22(20)28/h4-6,9-14,17,27H,1-3,7-8H2. The molecular formula is C23H21N3O3S. The first kappa shape index (κ1) is 18.9. The number of fused-ring (bicyclic) bond motifs is 1. The van der Waals surface area contributed by atoms with E-state index in [2.05, 4.69) is 14.8 Å². The number of hydrogen-bond acceptors (Lipinski definition) is 6. The monoisotopic (exact) mass is 419 g/mol. The van der Waals surface area contributed by atoms with E-state index in [0.29, 0.717) is 15.6 Å². The van der Waals surface area contributed by atoms with Gasteiger partial charge in [-0.1, -0.05) is 37.5 Å². The fourth-order valence-electron chi connectivity index (χ4n) is 4.03. The first-order chi connectivity index (χ1) is 14.7. The molecule has 30 heavy (non-hydrogen) atoms. The van der Waals surface area contributed by atoms with Crippen LogP contribution in [0.5, 0.6) is 5.75 Å². The molecule has 0 unspecified atom stereocenters. The van der Waals surface area contributed by atoms with Crippen LogP contribution < -0.4 is 5.63 Å². The zero-order valence-electron chi connectivity index (χ0n) is 16.3. The van der Waals surface area contributed by atoms with Gasteiger partial charge >= 0.3 is 5.63 Å². The predicted octanol–water partition coefficient (Wildman–Crippen LogP) is 5.41. The number of rotatable bonds is 4. The van der Waals surface area contributed by atoms with Crippen molar-refractivity contribution in [3.8, 4) is 17.1 Å². The van der Waals surface area contributed by atoms with Crippen molar-refractivity contribution in [1.82, 2.24) is 14.8 Å². The minimum Gasteiger partial charge on any atom is -0.508 e. The van der Waals surface area contributed by atoms with Gasteiger partial charge in [0.1, 0.15) is 16.2 Å². The van der Waals surface area contributed by atoms with E-state index in [-0.39, 0.29) is 17.4 Å². The number of phenolic OH excluding ortho intramolecular Hbond substituents is 1. The Morgan fingerprint density at radius 2 is 1.77 bits per heavy atom. The number of nitrogens with zero attached hydrogens (tertiary/aromatic N) is 3. The molecule has 0 bridgehead atoms. The number of hydrogen-bond donors (Lipinski definition) is 1. The Morgan fingerprint density at radius 3 is 2.57 bits per heavy atom. The van der Waals surface area contributed by atoms with Crippen molar-refractivity contribution in [1.29, 1.82) is 0 Å². The van der Waals surface area contributed by atoms with Gasteiger partial charge in [-0.15, -0.1) is 10.2 Å². The van der Waals surface area contributed by atoms with Crippen LogP contribution in [0, 0.1) is 0 Å². The van der Waals surface area contributed by atoms with Gasteiger partial charge in [0.15, 0.2) is 11.0 Å². The topological polar surface area (TPSA) is 81.2 Å². The van der Waals surface area contributed by atoms with Crippen molar-refractivity contribution in [2.24, 2.45) is 0 Å². The second-order valence-electron chi connectivity index (χ2n) is 7.55. The molecule has 0 aliphatic heterocycles. The molecule has 1 aliphatic carbocycles. The van der Waals surface area contributed by atoms with Crippen LogP contribution in [-0.4, -0.2) is 19.9 Å². The summed E-state index contributed by atoms with van der Waals surface area (Å²) in [5, 5.41) is 20.1. The van der Waals surface area contributed by atoms with E-state index >= 15 is 0 Å². The van der Waals surface area contributed by atoms with E-state index < -0.39 is 0 Å². The van der Waals surface area contributed by atoms with Gasteiger partial charge in [0.05, 0.1) is 0 Å². The van der Waals surface area contributed by atoms with Gasteiger partial charge in [-0.25, -0.2) is 4.79 Å². The van der Waals surface area contributed by atoms with E-state index in [1.807, 2.05) is 36.4 Å². The molecule has 0 amide bonds. The smallest absolute Gasteiger partial charge is 0.350 e. The lowest BCUT2D eigenvalue weighted by Gasteiger charge is -2.25. The quantitative estimate of drug-likeness (QED) is 0.445. The van der Waals surface area contributed by atoms with Crippen LogP contribution in [0.15, 0.2) is 73.9 Å². The zero-order chi connectivity index (χ0) is 20.5. The average molecular weight is 420 g/mol. The number of benzene rings is 2. The highest BCUT2D eigenvalue weighted by atomic mass is 32.2. The van der Waals surface area contributed by atoms with E-state index in [9.17, 15) is 9.90 Å². The van der Waals surface area contributed by atoms with Crippen molar-refractivity contribution in [2.75, 3.05) is 0 Å². The highest BCUT2D eigenvalue weighted by molar-refractivity contribution is 7.99. The van der Waals surface area contributed by atoms with Gasteiger partial charge in [0.2, 0.25) is 0 Å². The highest BCUT2D eigenvalue weighted by Gasteiger charge is 2.25. The maximum absolute atomic E-state index is 12.6. The van der Waals surface area contributed by atoms with Crippen LogP contribution in [-0.2, 0) is 0 Å². The Bertz CT molecular complexity index is 1240. The molecule has 0 spiro atoms. The molecule has 1 saturated carbocycles. The molecule has 6 nitrogen and oxygen atoms in total. The van der Waals surface area contributed by atoms with Gasteiger partial charge in [-0.2, -0.15) is 0 Å². The molecule has 1 N–H and O–H groups in total. The first-order valence-electron chi connectivity index (χ1n) is 10.1. The van der Waals surface area contributed by atoms with Crippen LogP contribution in [0.3, 0.4) is 0 Å². The molecule has 7 heteroatoms. The van der Waals surface area contributed by atoms with E-state index in [4.69, 9.17) is 4.42 Å². The minimum absolute atomic E-state index is 0.214. The summed E-state index contributed by atoms with van der Waals surface area (Å²) in [5.74, 6) is 0.973. The van der Waals surface area contributed by atoms with Gasteiger partial charge < -0.3 is 9.52 Å². The average Bonchev–Trinajstić information content (AvgIpc) is 3.19. The maximum atomic E-state index is 12.6. The normalized spacial score (nSPS) is 14.9. The molecule has 0 saturated heterocycles. The molecular weight excluding hydrogens is 398 g/mol. The summed E-state index contributed by atoms with van der Waals surface area (Å²) in [6.45, 7) is 0. The third-order valence-electron chi connectivity index (χ3n) is 5.54. The summed E-state index contributed by atoms with van der Waals surface area (Å²) in [4.78, 5) is 13.1. The fourth-order valence-corrected chi connectivity index (χ4v) is 4.96. The third kappa shape index (κ3) is 3.61. The van der Waals surface area contributed by atoms with E-state index in [1.165, 1.54) is 31.0 Å². The summed E-state index contributed by atoms with van der Waals surface area (Å²) in [6, 6.07) is 16.6. The second kappa shape index (κ2) is 7.99. The Balaban J connectivity index is 1.59. The molecule has 0 radical (unpaired) electrons. The lowest BCUT2D eigenvalue weighted by Crippen LogP contribution is -2.15. The van der Waals surface area contributed by atoms with Crippen molar-refractivity contribution in [3.05, 3.63) is 65.0 Å². The van der Waals surface area contributed by atoms with Crippen LogP contribution in [0.2, 0.25) is 0 Å². The van der Waals surface area contributed by atoms with Crippen LogP contribution in [0.4, 0.5) is 0 Å². The molecule has 2 aromatic heterocycles. The third-order valence-corrected chi connectivity index (χ3v) is 6.51. The van der Waals surface area contributed by atoms with Crippen LogP contribution in [0.25, 0.3) is 22.4 Å². The van der Waals surface area contributed by atoms with Crippen LogP contribution >= 0.6 is 11.8 Å². The molecule has 5 rings (SSSR count). The van der Waals surface area contributed by atoms with Crippen LogP contribution in [0.1, 0.15) is 38.1 Å². The molecule has 1 aliphatic rings. The summed E-state index contributed by atoms with van der Waals surface area (Å²) in [7, 11) is 0. The fraction of sp³-hybridized carbons (Fsp3) is 0.261. The van der Waals surface area contributed by atoms with Gasteiger partial charge in [-0.3, -0.25) is 4.57 Å². The van der Waals surface area contributed by atoms with Gasteiger partial charge in [-0.05, 0) is 61.0 Å². The molecule has 2 aromatic carbocycles. The minimum atomic E-state index is -0.372. The van der Waals surface area contributed by atoms with Crippen molar-refractivity contribution >= 4 is 22.7 Å². The molecule has 0 atom stereocenters. The van der Waals surface area contributed by atoms with Gasteiger partial charge in [0, 0.05) is 17.0 Å². The SMILES string of the molecule is O=c1oc2ccccc2cc1Sc1nnc(-c2ccc(O)cc2)n1C1CCCCC1. The molecule has 1 fully saturated rings. The summed E-state index contributed by atoms with van der Waals surface area (Å²) >= 11 is 1.30. The summed E-state index contributed by atoms with van der Waals surface area (Å²) in [6.07, 6.45) is 5.69. The summed E-state index contributed by atoms with van der Waals surface area (Å²) in [5.41, 5.74) is 1.09. The Labute approximate surface area is 177 Å². The number of aromatic nitrogens is 3. The van der Waals surface area contributed by atoms with E-state index in [1.54, 1.807) is 18.2 Å².